The van der Waals surface area contributed by atoms with Gasteiger partial charge in [-0.05, 0) is 43.5 Å². The van der Waals surface area contributed by atoms with Crippen molar-refractivity contribution in [3.05, 3.63) is 71.2 Å². The van der Waals surface area contributed by atoms with Gasteiger partial charge in [-0.1, -0.05) is 37.3 Å². The summed E-state index contributed by atoms with van der Waals surface area (Å²) in [6.07, 6.45) is 0.925. The maximum atomic E-state index is 13.8. The zero-order chi connectivity index (χ0) is 17.8. The van der Waals surface area contributed by atoms with Crippen molar-refractivity contribution in [1.82, 2.24) is 9.97 Å². The molecule has 4 nitrogen and oxygen atoms in total. The van der Waals surface area contributed by atoms with Gasteiger partial charge in [0.1, 0.15) is 11.6 Å². The Morgan fingerprint density at radius 3 is 2.52 bits per heavy atom. The van der Waals surface area contributed by atoms with E-state index in [4.69, 9.17) is 0 Å². The van der Waals surface area contributed by atoms with Crippen molar-refractivity contribution in [2.24, 2.45) is 0 Å². The van der Waals surface area contributed by atoms with E-state index in [0.717, 1.165) is 23.4 Å². The first-order valence-corrected chi connectivity index (χ1v) is 8.29. The summed E-state index contributed by atoms with van der Waals surface area (Å²) in [7, 11) is 0. The van der Waals surface area contributed by atoms with E-state index in [1.54, 1.807) is 18.2 Å². The highest BCUT2D eigenvalue weighted by molar-refractivity contribution is 5.66. The first kappa shape index (κ1) is 16.9. The predicted molar refractivity (Wildman–Crippen MR) is 100 cm³/mol. The summed E-state index contributed by atoms with van der Waals surface area (Å²) in [5.41, 5.74) is 4.58. The lowest BCUT2D eigenvalue weighted by atomic mass is 10.1. The highest BCUT2D eigenvalue weighted by Crippen LogP contribution is 2.26. The van der Waals surface area contributed by atoms with Crippen LogP contribution in [0.3, 0.4) is 0 Å². The van der Waals surface area contributed by atoms with Crippen LogP contribution < -0.4 is 10.6 Å². The van der Waals surface area contributed by atoms with Crippen LogP contribution in [0.4, 0.5) is 27.5 Å². The van der Waals surface area contributed by atoms with Crippen LogP contribution in [0.25, 0.3) is 0 Å². The fourth-order valence-corrected chi connectivity index (χ4v) is 2.70. The Bertz CT molecular complexity index is 893. The SMILES string of the molecule is CCc1cccc(C)c1Nc1cc(C)nc(Nc2ccccc2F)n1. The third kappa shape index (κ3) is 3.94. The summed E-state index contributed by atoms with van der Waals surface area (Å²) in [6, 6.07) is 14.6. The quantitative estimate of drug-likeness (QED) is 0.665. The van der Waals surface area contributed by atoms with Gasteiger partial charge in [-0.25, -0.2) is 9.37 Å². The Kier molecular flexibility index (Phi) is 4.93. The molecular weight excluding hydrogens is 315 g/mol. The summed E-state index contributed by atoms with van der Waals surface area (Å²) >= 11 is 0. The molecule has 3 aromatic rings. The average molecular weight is 336 g/mol. The summed E-state index contributed by atoms with van der Waals surface area (Å²) in [6.45, 7) is 6.07. The van der Waals surface area contributed by atoms with Crippen molar-refractivity contribution in [2.75, 3.05) is 10.6 Å². The molecule has 25 heavy (non-hydrogen) atoms. The number of para-hydroxylation sites is 2. The second kappa shape index (κ2) is 7.30. The molecule has 3 rings (SSSR count). The lowest BCUT2D eigenvalue weighted by Crippen LogP contribution is -2.05. The Hall–Kier alpha value is -2.95. The van der Waals surface area contributed by atoms with Crippen molar-refractivity contribution in [1.29, 1.82) is 0 Å². The van der Waals surface area contributed by atoms with Gasteiger partial charge in [0.2, 0.25) is 5.95 Å². The molecule has 0 aliphatic carbocycles. The largest absolute Gasteiger partial charge is 0.340 e. The van der Waals surface area contributed by atoms with Gasteiger partial charge in [0, 0.05) is 17.4 Å². The number of hydrogen-bond acceptors (Lipinski definition) is 4. The Morgan fingerprint density at radius 2 is 1.76 bits per heavy atom. The van der Waals surface area contributed by atoms with Crippen LogP contribution in [0.1, 0.15) is 23.7 Å². The van der Waals surface area contributed by atoms with E-state index in [2.05, 4.69) is 52.6 Å². The molecule has 0 saturated heterocycles. The highest BCUT2D eigenvalue weighted by Gasteiger charge is 2.09. The second-order valence-electron chi connectivity index (χ2n) is 5.91. The van der Waals surface area contributed by atoms with E-state index in [9.17, 15) is 4.39 Å². The molecule has 0 fully saturated rings. The van der Waals surface area contributed by atoms with Crippen LogP contribution in [0.2, 0.25) is 0 Å². The first-order valence-electron chi connectivity index (χ1n) is 8.29. The smallest absolute Gasteiger partial charge is 0.229 e. The van der Waals surface area contributed by atoms with Crippen LogP contribution in [0.15, 0.2) is 48.5 Å². The number of rotatable bonds is 5. The maximum absolute atomic E-state index is 13.8. The van der Waals surface area contributed by atoms with E-state index in [0.29, 0.717) is 17.5 Å². The van der Waals surface area contributed by atoms with E-state index in [-0.39, 0.29) is 5.82 Å². The zero-order valence-electron chi connectivity index (χ0n) is 14.6. The lowest BCUT2D eigenvalue weighted by molar-refractivity contribution is 0.631. The van der Waals surface area contributed by atoms with E-state index >= 15 is 0 Å². The molecule has 0 amide bonds. The van der Waals surface area contributed by atoms with E-state index < -0.39 is 0 Å². The Balaban J connectivity index is 1.91. The standard InChI is InChI=1S/C20H21FN4/c1-4-15-9-7-8-13(2)19(15)24-18-12-14(3)22-20(25-18)23-17-11-6-5-10-16(17)21/h5-12H,4H2,1-3H3,(H2,22,23,24,25). The fraction of sp³-hybridized carbons (Fsp3) is 0.200. The Morgan fingerprint density at radius 1 is 0.960 bits per heavy atom. The molecule has 128 valence electrons. The predicted octanol–water partition coefficient (Wildman–Crippen LogP) is 5.28. The molecule has 0 saturated carbocycles. The third-order valence-corrected chi connectivity index (χ3v) is 3.97. The highest BCUT2D eigenvalue weighted by atomic mass is 19.1. The number of aromatic nitrogens is 2. The lowest BCUT2D eigenvalue weighted by Gasteiger charge is -2.15. The summed E-state index contributed by atoms with van der Waals surface area (Å²) in [4.78, 5) is 8.83. The molecule has 1 heterocycles. The van der Waals surface area contributed by atoms with E-state index in [1.165, 1.54) is 11.6 Å². The molecule has 0 spiro atoms. The molecule has 2 N–H and O–H groups in total. The number of benzene rings is 2. The van der Waals surface area contributed by atoms with Crippen LogP contribution >= 0.6 is 0 Å². The summed E-state index contributed by atoms with van der Waals surface area (Å²) in [5.74, 6) is 0.698. The van der Waals surface area contributed by atoms with Crippen molar-refractivity contribution in [3.63, 3.8) is 0 Å². The topological polar surface area (TPSA) is 49.8 Å². The summed E-state index contributed by atoms with van der Waals surface area (Å²) < 4.78 is 13.8. The molecule has 0 aliphatic heterocycles. The molecule has 0 unspecified atom stereocenters. The van der Waals surface area contributed by atoms with E-state index in [1.807, 2.05) is 13.0 Å². The van der Waals surface area contributed by atoms with Gasteiger partial charge in [-0.15, -0.1) is 0 Å². The van der Waals surface area contributed by atoms with Gasteiger partial charge in [0.05, 0.1) is 5.69 Å². The molecule has 0 bridgehead atoms. The van der Waals surface area contributed by atoms with Gasteiger partial charge in [-0.2, -0.15) is 4.98 Å². The fourth-order valence-electron chi connectivity index (χ4n) is 2.70. The number of hydrogen-bond donors (Lipinski definition) is 2. The van der Waals surface area contributed by atoms with Gasteiger partial charge < -0.3 is 10.6 Å². The molecule has 0 aliphatic rings. The molecule has 0 radical (unpaired) electrons. The van der Waals surface area contributed by atoms with Crippen LogP contribution in [-0.2, 0) is 6.42 Å². The average Bonchev–Trinajstić information content (AvgIpc) is 2.58. The summed E-state index contributed by atoms with van der Waals surface area (Å²) in [5, 5.41) is 6.33. The minimum absolute atomic E-state index is 0.339. The molecule has 2 aromatic carbocycles. The third-order valence-electron chi connectivity index (χ3n) is 3.97. The number of aryl methyl sites for hydroxylation is 3. The molecule has 0 atom stereocenters. The van der Waals surface area contributed by atoms with Crippen LogP contribution in [0, 0.1) is 19.7 Å². The van der Waals surface area contributed by atoms with Crippen LogP contribution in [-0.4, -0.2) is 9.97 Å². The normalized spacial score (nSPS) is 10.6. The first-order chi connectivity index (χ1) is 12.1. The van der Waals surface area contributed by atoms with Crippen molar-refractivity contribution >= 4 is 23.1 Å². The number of anilines is 4. The number of halogens is 1. The van der Waals surface area contributed by atoms with Gasteiger partial charge in [0.25, 0.3) is 0 Å². The van der Waals surface area contributed by atoms with Crippen LogP contribution in [0.5, 0.6) is 0 Å². The Labute approximate surface area is 147 Å². The van der Waals surface area contributed by atoms with Gasteiger partial charge >= 0.3 is 0 Å². The second-order valence-corrected chi connectivity index (χ2v) is 5.91. The van der Waals surface area contributed by atoms with Gasteiger partial charge in [-0.3, -0.25) is 0 Å². The van der Waals surface area contributed by atoms with Crippen molar-refractivity contribution in [3.8, 4) is 0 Å². The van der Waals surface area contributed by atoms with Crippen molar-refractivity contribution in [2.45, 2.75) is 27.2 Å². The van der Waals surface area contributed by atoms with Gasteiger partial charge in [0.15, 0.2) is 0 Å². The minimum atomic E-state index is -0.339. The monoisotopic (exact) mass is 336 g/mol. The zero-order valence-corrected chi connectivity index (χ0v) is 14.6. The minimum Gasteiger partial charge on any atom is -0.340 e. The maximum Gasteiger partial charge on any atom is 0.229 e. The molecule has 5 heteroatoms. The molecular formula is C20H21FN4. The number of nitrogens with one attached hydrogen (secondary N) is 2. The van der Waals surface area contributed by atoms with Crippen molar-refractivity contribution < 1.29 is 4.39 Å². The number of nitrogens with zero attached hydrogens (tertiary/aromatic N) is 2. The molecule has 1 aromatic heterocycles.